The largest absolute Gasteiger partial charge is 0.306 e. The monoisotopic (exact) mass is 940 g/mol. The Labute approximate surface area is 419 Å². The summed E-state index contributed by atoms with van der Waals surface area (Å²) in [5.41, 5.74) is 11.8. The maximum atomic E-state index is 5.87. The minimum absolute atomic E-state index is 0.803. The van der Waals surface area contributed by atoms with Crippen LogP contribution in [0.3, 0.4) is 0 Å². The second-order valence-electron chi connectivity index (χ2n) is 19.9. The van der Waals surface area contributed by atoms with Crippen LogP contribution in [0.1, 0.15) is 0 Å². The molecule has 0 fully saturated rings. The van der Waals surface area contributed by atoms with Crippen molar-refractivity contribution in [2.45, 2.75) is 0 Å². The summed E-state index contributed by atoms with van der Waals surface area (Å²) in [5, 5.41) is 22.4. The number of para-hydroxylation sites is 3. The quantitative estimate of drug-likeness (QED) is 0.165. The van der Waals surface area contributed by atoms with E-state index in [1.165, 1.54) is 134 Å². The van der Waals surface area contributed by atoms with E-state index in [1.54, 1.807) is 0 Å². The lowest BCUT2D eigenvalue weighted by atomic mass is 9.91. The van der Waals surface area contributed by atoms with Gasteiger partial charge in [-0.15, -0.1) is 11.3 Å². The first-order valence-electron chi connectivity index (χ1n) is 25.1. The Morgan fingerprint density at radius 1 is 0.301 bits per heavy atom. The van der Waals surface area contributed by atoms with E-state index >= 15 is 0 Å². The van der Waals surface area contributed by atoms with E-state index < -0.39 is 0 Å². The van der Waals surface area contributed by atoms with Gasteiger partial charge in [0.15, 0.2) is 5.82 Å². The van der Waals surface area contributed by atoms with Gasteiger partial charge in [-0.2, -0.15) is 0 Å². The smallest absolute Gasteiger partial charge is 0.165 e. The van der Waals surface area contributed by atoms with Gasteiger partial charge in [0.25, 0.3) is 0 Å². The van der Waals surface area contributed by atoms with Crippen LogP contribution in [0, 0.1) is 0 Å². The van der Waals surface area contributed by atoms with Crippen LogP contribution in [0.15, 0.2) is 218 Å². The third kappa shape index (κ3) is 4.81. The van der Waals surface area contributed by atoms with Crippen molar-refractivity contribution in [1.29, 1.82) is 0 Å². The molecule has 0 saturated carbocycles. The summed E-state index contributed by atoms with van der Waals surface area (Å²) in [6, 6.07) is 80.9. The third-order valence-corrected chi connectivity index (χ3v) is 17.6. The van der Waals surface area contributed by atoms with Crippen LogP contribution in [0.5, 0.6) is 0 Å². The minimum Gasteiger partial charge on any atom is -0.306 e. The van der Waals surface area contributed by atoms with E-state index in [9.17, 15) is 0 Å². The topological polar surface area (TPSA) is 35.1 Å². The summed E-state index contributed by atoms with van der Waals surface area (Å²) in [5.74, 6) is 0.803. The Bertz CT molecular complexity index is 5450. The van der Waals surface area contributed by atoms with Crippen molar-refractivity contribution < 1.29 is 0 Å². The van der Waals surface area contributed by atoms with Crippen LogP contribution in [0.2, 0.25) is 0 Å². The van der Waals surface area contributed by atoms with Crippen molar-refractivity contribution in [1.82, 2.24) is 18.9 Å². The number of hydrogen-bond acceptors (Lipinski definition) is 3. The molecule has 73 heavy (non-hydrogen) atoms. The minimum atomic E-state index is 0.803. The molecule has 5 heteroatoms. The molecule has 13 aromatic carbocycles. The first-order chi connectivity index (χ1) is 36.2. The summed E-state index contributed by atoms with van der Waals surface area (Å²) in [6.07, 6.45) is 0. The fraction of sp³-hybridized carbons (Fsp3) is 0. The highest BCUT2D eigenvalue weighted by Crippen LogP contribution is 2.53. The van der Waals surface area contributed by atoms with Gasteiger partial charge in [0.2, 0.25) is 0 Å². The molecule has 0 aliphatic carbocycles. The number of nitrogens with zero attached hydrogens (tertiary/aromatic N) is 4. The maximum Gasteiger partial charge on any atom is 0.165 e. The van der Waals surface area contributed by atoms with Crippen molar-refractivity contribution in [3.63, 3.8) is 0 Å². The number of fused-ring (bicyclic) bond motifs is 19. The molecule has 0 aliphatic rings. The molecule has 0 saturated heterocycles. The van der Waals surface area contributed by atoms with Crippen LogP contribution < -0.4 is 0 Å². The van der Waals surface area contributed by atoms with E-state index in [-0.39, 0.29) is 0 Å². The molecule has 334 valence electrons. The van der Waals surface area contributed by atoms with Gasteiger partial charge in [0.1, 0.15) is 5.69 Å². The normalized spacial score (nSPS) is 12.7. The van der Waals surface area contributed by atoms with Crippen molar-refractivity contribution in [2.24, 2.45) is 0 Å². The van der Waals surface area contributed by atoms with E-state index in [2.05, 4.69) is 227 Å². The van der Waals surface area contributed by atoms with Gasteiger partial charge in [-0.05, 0) is 89.8 Å². The zero-order valence-electron chi connectivity index (χ0n) is 39.0. The molecule has 0 aliphatic heterocycles. The van der Waals surface area contributed by atoms with Gasteiger partial charge in [-0.1, -0.05) is 188 Å². The number of rotatable bonds is 3. The lowest BCUT2D eigenvalue weighted by Gasteiger charge is -2.18. The van der Waals surface area contributed by atoms with Crippen molar-refractivity contribution in [3.05, 3.63) is 218 Å². The fourth-order valence-electron chi connectivity index (χ4n) is 13.4. The van der Waals surface area contributed by atoms with E-state index in [1.807, 2.05) is 11.3 Å². The van der Waals surface area contributed by atoms with E-state index in [4.69, 9.17) is 9.97 Å². The van der Waals surface area contributed by atoms with Crippen molar-refractivity contribution in [3.8, 4) is 28.2 Å². The molecule has 0 unspecified atom stereocenters. The van der Waals surface area contributed by atoms with Gasteiger partial charge in [0, 0.05) is 63.6 Å². The summed E-state index contributed by atoms with van der Waals surface area (Å²) in [6.45, 7) is 0. The highest BCUT2D eigenvalue weighted by atomic mass is 32.1. The molecular formula is C68H36N4S. The highest BCUT2D eigenvalue weighted by Gasteiger charge is 2.30. The molecule has 18 rings (SSSR count). The van der Waals surface area contributed by atoms with Gasteiger partial charge >= 0.3 is 0 Å². The van der Waals surface area contributed by atoms with Crippen molar-refractivity contribution >= 4 is 156 Å². The van der Waals surface area contributed by atoms with Crippen LogP contribution in [0.25, 0.3) is 173 Å². The van der Waals surface area contributed by atoms with Gasteiger partial charge in [-0.25, -0.2) is 9.97 Å². The SMILES string of the molecule is c1ccc2c(c1)ccc1c2c2cccc3c4c5ccccc5c5c6c(-c7cccc8c7sc7ccccc78)cccc6n(-c6nc7ccccc7nc6-c6ccc7ccc8cccc9ccc6c7c89)c5c4n1c23. The predicted octanol–water partition coefficient (Wildman–Crippen LogP) is 18.8. The predicted molar refractivity (Wildman–Crippen MR) is 311 cm³/mol. The van der Waals surface area contributed by atoms with Crippen LogP contribution in [-0.2, 0) is 0 Å². The van der Waals surface area contributed by atoms with E-state index in [0.717, 1.165) is 39.1 Å². The Morgan fingerprint density at radius 3 is 1.77 bits per heavy atom. The Hall–Kier alpha value is -9.42. The first kappa shape index (κ1) is 38.3. The Morgan fingerprint density at radius 2 is 0.904 bits per heavy atom. The number of aromatic nitrogens is 4. The molecule has 5 aromatic heterocycles. The van der Waals surface area contributed by atoms with Crippen molar-refractivity contribution in [2.75, 3.05) is 0 Å². The van der Waals surface area contributed by atoms with Gasteiger partial charge < -0.3 is 4.40 Å². The van der Waals surface area contributed by atoms with Crippen LogP contribution >= 0.6 is 11.3 Å². The van der Waals surface area contributed by atoms with E-state index in [0.29, 0.717) is 0 Å². The molecule has 0 amide bonds. The molecule has 0 N–H and O–H groups in total. The number of thiophene rings is 1. The zero-order valence-corrected chi connectivity index (χ0v) is 39.8. The number of hydrogen-bond donors (Lipinski definition) is 0. The molecule has 4 nitrogen and oxygen atoms in total. The zero-order chi connectivity index (χ0) is 47.2. The molecule has 0 bridgehead atoms. The summed E-state index contributed by atoms with van der Waals surface area (Å²) >= 11 is 1.89. The number of benzene rings is 13. The standard InChI is InChI=1S/C68H36N4S/c1-2-16-41-37(13-1)33-36-55-59(41)50-23-11-24-51-60-43-18-3-4-19-44(43)62-61-45(49-22-10-21-48-42-17-5-8-28-56(42)73-67(48)49)20-12-27-54(61)72(66(62)65(60)71(55)64(50)51)68-63(69-52-25-6-7-26-53(52)70-68)47-35-32-40-30-29-38-14-9-15-39-31-34-46(47)58(40)57(38)39/h1-36H. The average molecular weight is 941 g/mol. The second-order valence-corrected chi connectivity index (χ2v) is 20.9. The molecular weight excluding hydrogens is 905 g/mol. The molecule has 0 spiro atoms. The molecule has 0 atom stereocenters. The third-order valence-electron chi connectivity index (χ3n) is 16.3. The van der Waals surface area contributed by atoms with Gasteiger partial charge in [0.05, 0.1) is 38.6 Å². The lowest BCUT2D eigenvalue weighted by Crippen LogP contribution is -2.05. The summed E-state index contributed by atoms with van der Waals surface area (Å²) in [7, 11) is 0. The molecule has 18 aromatic rings. The molecule has 0 radical (unpaired) electrons. The Balaban J connectivity index is 1.11. The highest BCUT2D eigenvalue weighted by molar-refractivity contribution is 7.26. The fourth-order valence-corrected chi connectivity index (χ4v) is 14.7. The second kappa shape index (κ2) is 13.7. The van der Waals surface area contributed by atoms with Gasteiger partial charge in [-0.3, -0.25) is 4.57 Å². The maximum absolute atomic E-state index is 5.87. The van der Waals surface area contributed by atoms with Crippen LogP contribution in [0.4, 0.5) is 0 Å². The lowest BCUT2D eigenvalue weighted by molar-refractivity contribution is 1.08. The molecule has 5 heterocycles. The van der Waals surface area contributed by atoms with Crippen LogP contribution in [-0.4, -0.2) is 18.9 Å². The summed E-state index contributed by atoms with van der Waals surface area (Å²) in [4.78, 5) is 11.6. The average Bonchev–Trinajstić information content (AvgIpc) is 4.22. The summed E-state index contributed by atoms with van der Waals surface area (Å²) < 4.78 is 7.70. The Kier molecular flexibility index (Phi) is 7.20. The first-order valence-corrected chi connectivity index (χ1v) is 25.9.